The van der Waals surface area contributed by atoms with Crippen molar-refractivity contribution in [2.45, 2.75) is 19.4 Å². The molecule has 7 heteroatoms. The van der Waals surface area contributed by atoms with E-state index in [2.05, 4.69) is 16.0 Å². The van der Waals surface area contributed by atoms with Crippen LogP contribution >= 0.6 is 11.3 Å². The lowest BCUT2D eigenvalue weighted by Gasteiger charge is -2.06. The van der Waals surface area contributed by atoms with Crippen molar-refractivity contribution in [2.24, 2.45) is 0 Å². The van der Waals surface area contributed by atoms with Gasteiger partial charge in [-0.05, 0) is 36.8 Å². The monoisotopic (exact) mass is 379 g/mol. The first-order chi connectivity index (χ1) is 13.2. The Bertz CT molecular complexity index is 1190. The SMILES string of the molecule is COc1cnc2c(-c3nc4ccc5c(c4s3)C[C@@H](CO)O5)cc(C)cc2n1. The van der Waals surface area contributed by atoms with Crippen molar-refractivity contribution in [1.29, 1.82) is 0 Å². The van der Waals surface area contributed by atoms with Crippen molar-refractivity contribution in [1.82, 2.24) is 15.0 Å². The molecule has 0 amide bonds. The summed E-state index contributed by atoms with van der Waals surface area (Å²) >= 11 is 1.63. The number of thiazole rings is 1. The average molecular weight is 379 g/mol. The predicted octanol–water partition coefficient (Wildman–Crippen LogP) is 3.52. The Labute approximate surface area is 159 Å². The Kier molecular flexibility index (Phi) is 3.73. The average Bonchev–Trinajstić information content (AvgIpc) is 3.29. The quantitative estimate of drug-likeness (QED) is 0.587. The Balaban J connectivity index is 1.70. The van der Waals surface area contributed by atoms with Crippen LogP contribution in [-0.4, -0.2) is 39.9 Å². The number of hydrogen-bond acceptors (Lipinski definition) is 7. The van der Waals surface area contributed by atoms with Crippen LogP contribution in [0, 0.1) is 6.92 Å². The smallest absolute Gasteiger partial charge is 0.232 e. The van der Waals surface area contributed by atoms with Gasteiger partial charge in [0.1, 0.15) is 16.9 Å². The molecule has 2 aromatic heterocycles. The van der Waals surface area contributed by atoms with Gasteiger partial charge in [0.15, 0.2) is 0 Å². The molecule has 0 spiro atoms. The molecule has 0 fully saturated rings. The molecule has 5 rings (SSSR count). The minimum absolute atomic E-state index is 0.0156. The second-order valence-electron chi connectivity index (χ2n) is 6.63. The Morgan fingerprint density at radius 2 is 2.15 bits per heavy atom. The van der Waals surface area contributed by atoms with Crippen molar-refractivity contribution in [2.75, 3.05) is 13.7 Å². The summed E-state index contributed by atoms with van der Waals surface area (Å²) in [6.07, 6.45) is 2.16. The summed E-state index contributed by atoms with van der Waals surface area (Å²) in [4.78, 5) is 13.9. The van der Waals surface area contributed by atoms with Crippen LogP contribution in [0.3, 0.4) is 0 Å². The van der Waals surface area contributed by atoms with Gasteiger partial charge in [-0.2, -0.15) is 0 Å². The number of aliphatic hydroxyl groups is 1. The molecule has 1 atom stereocenters. The third-order valence-corrected chi connectivity index (χ3v) is 5.92. The number of aryl methyl sites for hydroxylation is 1. The summed E-state index contributed by atoms with van der Waals surface area (Å²) in [7, 11) is 1.59. The van der Waals surface area contributed by atoms with Gasteiger partial charge in [0, 0.05) is 17.5 Å². The normalized spacial score (nSPS) is 15.9. The minimum atomic E-state index is -0.172. The molecule has 6 nitrogen and oxygen atoms in total. The molecule has 27 heavy (non-hydrogen) atoms. The van der Waals surface area contributed by atoms with Gasteiger partial charge in [-0.1, -0.05) is 0 Å². The minimum Gasteiger partial charge on any atom is -0.487 e. The highest BCUT2D eigenvalue weighted by Gasteiger charge is 2.26. The highest BCUT2D eigenvalue weighted by Crippen LogP contribution is 2.41. The van der Waals surface area contributed by atoms with Gasteiger partial charge in [-0.15, -0.1) is 11.3 Å². The Morgan fingerprint density at radius 3 is 2.96 bits per heavy atom. The number of fused-ring (bicyclic) bond motifs is 4. The number of hydrogen-bond donors (Lipinski definition) is 1. The van der Waals surface area contributed by atoms with E-state index in [1.54, 1.807) is 24.6 Å². The summed E-state index contributed by atoms with van der Waals surface area (Å²) in [5.41, 5.74) is 5.71. The van der Waals surface area contributed by atoms with Crippen LogP contribution in [0.4, 0.5) is 0 Å². The van der Waals surface area contributed by atoms with E-state index in [1.165, 1.54) is 0 Å². The number of methoxy groups -OCH3 is 1. The molecule has 136 valence electrons. The summed E-state index contributed by atoms with van der Waals surface area (Å²) in [5, 5.41) is 10.3. The standard InChI is InChI=1S/C20H17N3O3S/c1-10-5-13(18-15(6-10)22-17(25-2)8-21-18)20-23-14-3-4-16-12(19(14)27-20)7-11(9-24)26-16/h3-6,8,11,24H,7,9H2,1-2H3/t11-/m0/s1. The van der Waals surface area contributed by atoms with Gasteiger partial charge < -0.3 is 14.6 Å². The molecular formula is C20H17N3O3S. The van der Waals surface area contributed by atoms with Crippen LogP contribution < -0.4 is 9.47 Å². The third-order valence-electron chi connectivity index (χ3n) is 4.75. The second kappa shape index (κ2) is 6.14. The molecule has 0 saturated heterocycles. The third kappa shape index (κ3) is 2.62. The maximum atomic E-state index is 9.42. The van der Waals surface area contributed by atoms with Crippen LogP contribution in [-0.2, 0) is 6.42 Å². The number of ether oxygens (including phenoxy) is 2. The number of aromatic nitrogens is 3. The molecule has 0 bridgehead atoms. The van der Waals surface area contributed by atoms with Gasteiger partial charge in [-0.3, -0.25) is 0 Å². The van der Waals surface area contributed by atoms with Gasteiger partial charge >= 0.3 is 0 Å². The van der Waals surface area contributed by atoms with Gasteiger partial charge in [0.05, 0.1) is 41.2 Å². The van der Waals surface area contributed by atoms with E-state index < -0.39 is 0 Å². The van der Waals surface area contributed by atoms with Crippen LogP contribution in [0.15, 0.2) is 30.5 Å². The molecule has 0 radical (unpaired) electrons. The molecule has 1 aliphatic rings. The number of aliphatic hydroxyl groups excluding tert-OH is 1. The molecule has 0 saturated carbocycles. The molecule has 0 unspecified atom stereocenters. The lowest BCUT2D eigenvalue weighted by molar-refractivity contribution is 0.134. The van der Waals surface area contributed by atoms with Crippen LogP contribution in [0.25, 0.3) is 31.8 Å². The zero-order valence-electron chi connectivity index (χ0n) is 14.9. The zero-order chi connectivity index (χ0) is 18.5. The molecule has 3 heterocycles. The van der Waals surface area contributed by atoms with Gasteiger partial charge in [0.2, 0.25) is 5.88 Å². The van der Waals surface area contributed by atoms with E-state index in [0.717, 1.165) is 48.7 Å². The van der Waals surface area contributed by atoms with Crippen LogP contribution in [0.2, 0.25) is 0 Å². The molecule has 0 aliphatic carbocycles. The number of nitrogens with zero attached hydrogens (tertiary/aromatic N) is 3. The fraction of sp³-hybridized carbons (Fsp3) is 0.250. The fourth-order valence-electron chi connectivity index (χ4n) is 3.51. The highest BCUT2D eigenvalue weighted by molar-refractivity contribution is 7.22. The summed E-state index contributed by atoms with van der Waals surface area (Å²) in [6.45, 7) is 2.05. The molecule has 1 aliphatic heterocycles. The van der Waals surface area contributed by atoms with Crippen LogP contribution in [0.1, 0.15) is 11.1 Å². The van der Waals surface area contributed by atoms with Crippen molar-refractivity contribution in [3.05, 3.63) is 41.6 Å². The lowest BCUT2D eigenvalue weighted by Crippen LogP contribution is -2.17. The van der Waals surface area contributed by atoms with E-state index in [-0.39, 0.29) is 12.7 Å². The second-order valence-corrected chi connectivity index (χ2v) is 7.63. The molecular weight excluding hydrogens is 362 g/mol. The van der Waals surface area contributed by atoms with Crippen molar-refractivity contribution >= 4 is 32.6 Å². The van der Waals surface area contributed by atoms with E-state index >= 15 is 0 Å². The van der Waals surface area contributed by atoms with Gasteiger partial charge in [-0.25, -0.2) is 15.0 Å². The molecule has 4 aromatic rings. The maximum Gasteiger partial charge on any atom is 0.232 e. The lowest BCUT2D eigenvalue weighted by atomic mass is 10.1. The van der Waals surface area contributed by atoms with Crippen molar-refractivity contribution < 1.29 is 14.6 Å². The number of rotatable bonds is 3. The molecule has 1 N–H and O–H groups in total. The maximum absolute atomic E-state index is 9.42. The fourth-order valence-corrected chi connectivity index (χ4v) is 4.64. The largest absolute Gasteiger partial charge is 0.487 e. The summed E-state index contributed by atoms with van der Waals surface area (Å²) in [5.74, 6) is 1.34. The Hall–Kier alpha value is -2.77. The first-order valence-corrected chi connectivity index (χ1v) is 9.49. The molecule has 2 aromatic carbocycles. The van der Waals surface area contributed by atoms with E-state index in [0.29, 0.717) is 12.3 Å². The van der Waals surface area contributed by atoms with E-state index in [4.69, 9.17) is 14.5 Å². The van der Waals surface area contributed by atoms with E-state index in [1.807, 2.05) is 25.1 Å². The first-order valence-electron chi connectivity index (χ1n) is 8.68. The topological polar surface area (TPSA) is 77.4 Å². The highest BCUT2D eigenvalue weighted by atomic mass is 32.1. The summed E-state index contributed by atoms with van der Waals surface area (Å²) in [6, 6.07) is 8.00. The van der Waals surface area contributed by atoms with Crippen LogP contribution in [0.5, 0.6) is 11.6 Å². The van der Waals surface area contributed by atoms with Gasteiger partial charge in [0.25, 0.3) is 0 Å². The first kappa shape index (κ1) is 16.4. The van der Waals surface area contributed by atoms with E-state index in [9.17, 15) is 5.11 Å². The predicted molar refractivity (Wildman–Crippen MR) is 105 cm³/mol. The Morgan fingerprint density at radius 1 is 1.26 bits per heavy atom. The van der Waals surface area contributed by atoms with Crippen molar-refractivity contribution in [3.63, 3.8) is 0 Å². The summed E-state index contributed by atoms with van der Waals surface area (Å²) < 4.78 is 12.1. The van der Waals surface area contributed by atoms with Crippen molar-refractivity contribution in [3.8, 4) is 22.2 Å². The zero-order valence-corrected chi connectivity index (χ0v) is 15.7. The number of benzene rings is 2.